The molecule has 4 atom stereocenters. The SMILES string of the molecule is Cc1nc(OC2=C(O)[C@@H](O)[C@@H](CO)O2)sc1OC1=C(O)[C@@H](O)[C@@H](CO)O1. The fourth-order valence-corrected chi connectivity index (χ4v) is 2.97. The topological polar surface area (TPSA) is 171 Å². The molecule has 0 bridgehead atoms. The maximum Gasteiger partial charge on any atom is 0.329 e. The van der Waals surface area contributed by atoms with Gasteiger partial charge < -0.3 is 49.6 Å². The van der Waals surface area contributed by atoms with Gasteiger partial charge in [0, 0.05) is 0 Å². The van der Waals surface area contributed by atoms with Crippen LogP contribution < -0.4 is 9.47 Å². The van der Waals surface area contributed by atoms with Crippen LogP contribution in [0.5, 0.6) is 10.3 Å². The first kappa shape index (κ1) is 18.5. The van der Waals surface area contributed by atoms with Crippen molar-refractivity contribution in [3.63, 3.8) is 0 Å². The molecule has 1 aromatic rings. The minimum atomic E-state index is -1.42. The van der Waals surface area contributed by atoms with Crippen molar-refractivity contribution in [2.45, 2.75) is 31.3 Å². The third kappa shape index (κ3) is 3.24. The Morgan fingerprint density at radius 3 is 1.92 bits per heavy atom. The van der Waals surface area contributed by atoms with Crippen LogP contribution in [0.25, 0.3) is 0 Å². The fraction of sp³-hybridized carbons (Fsp3) is 0.500. The maximum atomic E-state index is 9.78. The molecule has 2 aliphatic rings. The summed E-state index contributed by atoms with van der Waals surface area (Å²) in [5.41, 5.74) is 0.341. The molecule has 26 heavy (non-hydrogen) atoms. The van der Waals surface area contributed by atoms with Crippen molar-refractivity contribution in [3.05, 3.63) is 29.1 Å². The minimum absolute atomic E-state index is 0.0119. The Kier molecular flexibility index (Phi) is 5.11. The summed E-state index contributed by atoms with van der Waals surface area (Å²) in [5, 5.41) is 57.1. The molecule has 0 unspecified atom stereocenters. The van der Waals surface area contributed by atoms with E-state index in [2.05, 4.69) is 4.98 Å². The molecule has 0 aromatic carbocycles. The van der Waals surface area contributed by atoms with Crippen LogP contribution in [0.1, 0.15) is 5.69 Å². The van der Waals surface area contributed by atoms with Gasteiger partial charge in [0.25, 0.3) is 5.19 Å². The number of rotatable bonds is 6. The average molecular weight is 391 g/mol. The Hall–Kier alpha value is -2.25. The molecule has 0 spiro atoms. The van der Waals surface area contributed by atoms with E-state index < -0.39 is 55.1 Å². The summed E-state index contributed by atoms with van der Waals surface area (Å²) < 4.78 is 20.8. The molecule has 6 N–H and O–H groups in total. The van der Waals surface area contributed by atoms with Gasteiger partial charge in [-0.05, 0) is 18.3 Å². The summed E-state index contributed by atoms with van der Waals surface area (Å²) in [6.07, 6.45) is -4.92. The number of aliphatic hydroxyl groups is 6. The van der Waals surface area contributed by atoms with Gasteiger partial charge in [0.1, 0.15) is 0 Å². The van der Waals surface area contributed by atoms with Crippen LogP contribution in [0, 0.1) is 6.92 Å². The minimum Gasteiger partial charge on any atom is -0.504 e. The molecule has 3 rings (SSSR count). The Morgan fingerprint density at radius 1 is 0.962 bits per heavy atom. The first-order valence-corrected chi connectivity index (χ1v) is 8.27. The highest BCUT2D eigenvalue weighted by atomic mass is 32.1. The van der Waals surface area contributed by atoms with Crippen LogP contribution in [-0.2, 0) is 9.47 Å². The van der Waals surface area contributed by atoms with Gasteiger partial charge in [0.15, 0.2) is 24.4 Å². The third-order valence-corrected chi connectivity index (χ3v) is 4.57. The lowest BCUT2D eigenvalue weighted by Gasteiger charge is -2.11. The smallest absolute Gasteiger partial charge is 0.329 e. The maximum absolute atomic E-state index is 9.78. The highest BCUT2D eigenvalue weighted by Gasteiger charge is 2.39. The summed E-state index contributed by atoms with van der Waals surface area (Å²) in [4.78, 5) is 4.04. The van der Waals surface area contributed by atoms with Gasteiger partial charge in [-0.1, -0.05) is 0 Å². The number of thiazole rings is 1. The lowest BCUT2D eigenvalue weighted by molar-refractivity contribution is -0.0180. The van der Waals surface area contributed by atoms with E-state index in [0.717, 1.165) is 11.3 Å². The molecule has 0 saturated heterocycles. The first-order valence-electron chi connectivity index (χ1n) is 7.46. The van der Waals surface area contributed by atoms with E-state index in [1.807, 2.05) is 0 Å². The van der Waals surface area contributed by atoms with E-state index in [1.54, 1.807) is 6.92 Å². The Morgan fingerprint density at radius 2 is 1.46 bits per heavy atom. The summed E-state index contributed by atoms with van der Waals surface area (Å²) in [6.45, 7) is 0.524. The van der Waals surface area contributed by atoms with Crippen molar-refractivity contribution in [2.75, 3.05) is 13.2 Å². The standard InChI is InChI=1S/C14H17NO10S/c1-4-13(24-11-9(20)7(18)5(2-16)22-11)26-14(15-4)25-12-10(21)8(19)6(3-17)23-12/h5-8,16-21H,2-3H2,1H3/t5-,6-,7+,8+/m1/s1. The molecule has 0 aliphatic carbocycles. The van der Waals surface area contributed by atoms with E-state index in [-0.39, 0.29) is 16.2 Å². The van der Waals surface area contributed by atoms with Gasteiger partial charge in [-0.2, -0.15) is 0 Å². The molecule has 144 valence electrons. The van der Waals surface area contributed by atoms with Crippen molar-refractivity contribution in [3.8, 4) is 10.3 Å². The van der Waals surface area contributed by atoms with Crippen molar-refractivity contribution in [2.24, 2.45) is 0 Å². The highest BCUT2D eigenvalue weighted by Crippen LogP contribution is 2.37. The lowest BCUT2D eigenvalue weighted by atomic mass is 10.2. The molecule has 0 radical (unpaired) electrons. The van der Waals surface area contributed by atoms with Crippen molar-refractivity contribution >= 4 is 11.3 Å². The average Bonchev–Trinajstić information content (AvgIpc) is 3.20. The van der Waals surface area contributed by atoms with E-state index in [1.165, 1.54) is 0 Å². The largest absolute Gasteiger partial charge is 0.504 e. The first-order chi connectivity index (χ1) is 12.3. The van der Waals surface area contributed by atoms with Gasteiger partial charge in [-0.25, -0.2) is 4.98 Å². The molecule has 0 fully saturated rings. The fourth-order valence-electron chi connectivity index (χ4n) is 2.21. The molecule has 0 saturated carbocycles. The van der Waals surface area contributed by atoms with Crippen LogP contribution in [-0.4, -0.2) is 73.3 Å². The van der Waals surface area contributed by atoms with Gasteiger partial charge in [-0.3, -0.25) is 0 Å². The third-order valence-electron chi connectivity index (χ3n) is 3.66. The van der Waals surface area contributed by atoms with Crippen LogP contribution in [0.3, 0.4) is 0 Å². The molecular weight excluding hydrogens is 374 g/mol. The zero-order chi connectivity index (χ0) is 19.0. The van der Waals surface area contributed by atoms with E-state index in [4.69, 9.17) is 29.2 Å². The van der Waals surface area contributed by atoms with Crippen molar-refractivity contribution in [1.82, 2.24) is 4.98 Å². The Bertz CT molecular complexity index is 744. The van der Waals surface area contributed by atoms with Gasteiger partial charge in [-0.15, -0.1) is 0 Å². The molecule has 2 aliphatic heterocycles. The molecule has 1 aromatic heterocycles. The molecule has 3 heterocycles. The van der Waals surface area contributed by atoms with Crippen LogP contribution >= 0.6 is 11.3 Å². The number of ether oxygens (including phenoxy) is 4. The normalized spacial score (nSPS) is 28.3. The van der Waals surface area contributed by atoms with Crippen LogP contribution in [0.15, 0.2) is 23.4 Å². The van der Waals surface area contributed by atoms with Crippen LogP contribution in [0.4, 0.5) is 0 Å². The van der Waals surface area contributed by atoms with Crippen molar-refractivity contribution in [1.29, 1.82) is 0 Å². The Labute approximate surface area is 150 Å². The number of aliphatic hydroxyl groups excluding tert-OH is 6. The van der Waals surface area contributed by atoms with Gasteiger partial charge in [0.05, 0.1) is 18.9 Å². The van der Waals surface area contributed by atoms with Crippen molar-refractivity contribution < 1.29 is 49.6 Å². The number of aryl methyl sites for hydroxylation is 1. The Balaban J connectivity index is 1.73. The number of aromatic nitrogens is 1. The van der Waals surface area contributed by atoms with Gasteiger partial charge in [0.2, 0.25) is 16.6 Å². The second-order valence-electron chi connectivity index (χ2n) is 5.47. The zero-order valence-electron chi connectivity index (χ0n) is 13.4. The summed E-state index contributed by atoms with van der Waals surface area (Å²) in [5.74, 6) is -1.91. The summed E-state index contributed by atoms with van der Waals surface area (Å²) in [6, 6.07) is 0. The van der Waals surface area contributed by atoms with E-state index >= 15 is 0 Å². The van der Waals surface area contributed by atoms with E-state index in [9.17, 15) is 20.4 Å². The molecule has 12 heteroatoms. The van der Waals surface area contributed by atoms with E-state index in [0.29, 0.717) is 5.69 Å². The highest BCUT2D eigenvalue weighted by molar-refractivity contribution is 7.15. The summed E-state index contributed by atoms with van der Waals surface area (Å²) >= 11 is 0.863. The number of nitrogens with zero attached hydrogens (tertiary/aromatic N) is 1. The number of hydrogen-bond acceptors (Lipinski definition) is 12. The molecule has 11 nitrogen and oxygen atoms in total. The summed E-state index contributed by atoms with van der Waals surface area (Å²) in [7, 11) is 0. The molecule has 0 amide bonds. The lowest BCUT2D eigenvalue weighted by Crippen LogP contribution is -2.27. The predicted molar refractivity (Wildman–Crippen MR) is 83.3 cm³/mol. The second kappa shape index (κ2) is 7.17. The quantitative estimate of drug-likeness (QED) is 0.357. The zero-order valence-corrected chi connectivity index (χ0v) is 14.2. The van der Waals surface area contributed by atoms with Gasteiger partial charge >= 0.3 is 11.9 Å². The monoisotopic (exact) mass is 391 g/mol. The second-order valence-corrected chi connectivity index (χ2v) is 6.39. The molecular formula is C14H17NO10S. The predicted octanol–water partition coefficient (Wildman–Crippen LogP) is -0.833. The van der Waals surface area contributed by atoms with Crippen LogP contribution in [0.2, 0.25) is 0 Å². The number of hydrogen-bond donors (Lipinski definition) is 6.